The van der Waals surface area contributed by atoms with Crippen molar-refractivity contribution in [2.24, 2.45) is 0 Å². The molecule has 72 valence electrons. The first-order valence-electron chi connectivity index (χ1n) is 4.52. The van der Waals surface area contributed by atoms with Crippen LogP contribution in [0, 0.1) is 0 Å². The average Bonchev–Trinajstić information content (AvgIpc) is 2.44. The molecule has 0 unspecified atom stereocenters. The minimum atomic E-state index is 0.160. The predicted octanol–water partition coefficient (Wildman–Crippen LogP) is 1.02. The summed E-state index contributed by atoms with van der Waals surface area (Å²) >= 11 is 1.32. The molecule has 2 nitrogen and oxygen atoms in total. The first-order valence-corrected chi connectivity index (χ1v) is 5.33. The van der Waals surface area contributed by atoms with Gasteiger partial charge in [-0.2, -0.15) is 0 Å². The van der Waals surface area contributed by atoms with Gasteiger partial charge in [-0.25, -0.2) is 0 Å². The minimum Gasteiger partial charge on any atom is -0.313 e. The summed E-state index contributed by atoms with van der Waals surface area (Å²) in [5.74, 6) is 0. The van der Waals surface area contributed by atoms with Crippen LogP contribution in [0.3, 0.4) is 0 Å². The summed E-state index contributed by atoms with van der Waals surface area (Å²) in [4.78, 5) is 13.9. The summed E-state index contributed by atoms with van der Waals surface area (Å²) < 4.78 is 0. The van der Waals surface area contributed by atoms with Gasteiger partial charge in [0.25, 0.3) is 0 Å². The molecule has 0 radical (unpaired) electrons. The maximum absolute atomic E-state index is 11.6. The lowest BCUT2D eigenvalue weighted by molar-refractivity contribution is -0.800. The molecule has 0 fully saturated rings. The second-order valence-corrected chi connectivity index (χ2v) is 4.54. The molecule has 0 spiro atoms. The van der Waals surface area contributed by atoms with Gasteiger partial charge < -0.3 is 4.90 Å². The van der Waals surface area contributed by atoms with Gasteiger partial charge in [-0.15, -0.1) is 0 Å². The Kier molecular flexibility index (Phi) is 2.44. The van der Waals surface area contributed by atoms with Crippen molar-refractivity contribution in [2.45, 2.75) is 0 Å². The number of hydrogen-bond acceptors (Lipinski definition) is 2. The van der Waals surface area contributed by atoms with Gasteiger partial charge in [0.2, 0.25) is 5.12 Å². The third-order valence-electron chi connectivity index (χ3n) is 2.03. The fourth-order valence-electron chi connectivity index (χ4n) is 1.46. The summed E-state index contributed by atoms with van der Waals surface area (Å²) in [7, 11) is 4.08. The van der Waals surface area contributed by atoms with Crippen LogP contribution in [0.4, 0.5) is 0 Å². The summed E-state index contributed by atoms with van der Waals surface area (Å²) in [5, 5.41) is 0.160. The van der Waals surface area contributed by atoms with Gasteiger partial charge in [0.05, 0.1) is 19.0 Å². The standard InChI is InChI=1S/C11H11NOS/c1-12(2)7-10-8-5-3-4-6-9(8)11(13)14-10/h3-7H,1-2H3/p+1. The second-order valence-electron chi connectivity index (χ2n) is 3.52. The zero-order valence-electron chi connectivity index (χ0n) is 8.20. The van der Waals surface area contributed by atoms with E-state index in [2.05, 4.69) is 6.20 Å². The van der Waals surface area contributed by atoms with Crippen LogP contribution >= 0.6 is 11.8 Å². The van der Waals surface area contributed by atoms with E-state index >= 15 is 0 Å². The predicted molar refractivity (Wildman–Crippen MR) is 59.2 cm³/mol. The molecule has 1 aliphatic rings. The van der Waals surface area contributed by atoms with Crippen LogP contribution in [0.15, 0.2) is 30.5 Å². The van der Waals surface area contributed by atoms with Crippen molar-refractivity contribution in [1.29, 1.82) is 0 Å². The number of thioether (sulfide) groups is 1. The fourth-order valence-corrected chi connectivity index (χ4v) is 2.53. The molecule has 0 bridgehead atoms. The Morgan fingerprint density at radius 1 is 1.21 bits per heavy atom. The normalized spacial score (nSPS) is 17.9. The van der Waals surface area contributed by atoms with Crippen molar-refractivity contribution in [1.82, 2.24) is 0 Å². The largest absolute Gasteiger partial charge is 0.313 e. The lowest BCUT2D eigenvalue weighted by Gasteiger charge is -2.01. The molecule has 2 rings (SSSR count). The van der Waals surface area contributed by atoms with Crippen LogP contribution in [0.5, 0.6) is 0 Å². The molecule has 1 aromatic carbocycles. The van der Waals surface area contributed by atoms with Gasteiger partial charge in [0.1, 0.15) is 6.20 Å². The Morgan fingerprint density at radius 2 is 1.86 bits per heavy atom. The van der Waals surface area contributed by atoms with Gasteiger partial charge in [0, 0.05) is 11.1 Å². The number of quaternary nitrogens is 1. The Morgan fingerprint density at radius 3 is 2.50 bits per heavy atom. The Labute approximate surface area is 87.6 Å². The van der Waals surface area contributed by atoms with Crippen molar-refractivity contribution >= 4 is 21.8 Å². The summed E-state index contributed by atoms with van der Waals surface area (Å²) in [6.07, 6.45) is 2.06. The van der Waals surface area contributed by atoms with E-state index in [0.717, 1.165) is 16.0 Å². The van der Waals surface area contributed by atoms with E-state index < -0.39 is 0 Å². The molecule has 3 heteroatoms. The highest BCUT2D eigenvalue weighted by atomic mass is 32.2. The minimum absolute atomic E-state index is 0.160. The van der Waals surface area contributed by atoms with Gasteiger partial charge in [-0.3, -0.25) is 4.79 Å². The van der Waals surface area contributed by atoms with E-state index in [0.29, 0.717) is 0 Å². The molecule has 1 heterocycles. The zero-order valence-corrected chi connectivity index (χ0v) is 9.02. The lowest BCUT2D eigenvalue weighted by atomic mass is 10.1. The molecule has 1 aliphatic heterocycles. The quantitative estimate of drug-likeness (QED) is 0.740. The number of hydrogen-bond donors (Lipinski definition) is 1. The van der Waals surface area contributed by atoms with Crippen LogP contribution in [0.25, 0.3) is 4.91 Å². The monoisotopic (exact) mass is 206 g/mol. The van der Waals surface area contributed by atoms with Gasteiger partial charge >= 0.3 is 0 Å². The number of rotatable bonds is 1. The summed E-state index contributed by atoms with van der Waals surface area (Å²) in [6, 6.07) is 7.76. The van der Waals surface area contributed by atoms with Crippen molar-refractivity contribution < 1.29 is 9.69 Å². The highest BCUT2D eigenvalue weighted by Crippen LogP contribution is 2.39. The molecule has 0 saturated heterocycles. The number of nitrogens with one attached hydrogen (secondary N) is 1. The molecule has 0 atom stereocenters. The van der Waals surface area contributed by atoms with Crippen LogP contribution < -0.4 is 4.90 Å². The SMILES string of the molecule is C[NH+](C)C=C1SC(=O)c2ccccc21. The van der Waals surface area contributed by atoms with E-state index in [1.54, 1.807) is 0 Å². The third-order valence-corrected chi connectivity index (χ3v) is 3.00. The van der Waals surface area contributed by atoms with Crippen molar-refractivity contribution in [3.05, 3.63) is 41.6 Å². The summed E-state index contributed by atoms with van der Waals surface area (Å²) in [5.41, 5.74) is 1.91. The van der Waals surface area contributed by atoms with Crippen molar-refractivity contribution in [3.8, 4) is 0 Å². The molecule has 0 aliphatic carbocycles. The maximum atomic E-state index is 11.6. The number of carbonyl (C=O) groups excluding carboxylic acids is 1. The molecule has 14 heavy (non-hydrogen) atoms. The second kappa shape index (κ2) is 3.59. The molecule has 0 amide bonds. The Bertz CT molecular complexity index is 410. The van der Waals surface area contributed by atoms with Crippen LogP contribution in [-0.2, 0) is 0 Å². The first kappa shape index (κ1) is 9.49. The molecule has 0 aromatic heterocycles. The fraction of sp³-hybridized carbons (Fsp3) is 0.182. The summed E-state index contributed by atoms with van der Waals surface area (Å²) in [6.45, 7) is 0. The van der Waals surface area contributed by atoms with E-state index in [1.807, 2.05) is 38.4 Å². The van der Waals surface area contributed by atoms with E-state index in [-0.39, 0.29) is 5.12 Å². The molecular formula is C11H12NOS+. The maximum Gasteiger partial charge on any atom is 0.224 e. The highest BCUT2D eigenvalue weighted by Gasteiger charge is 2.25. The number of carbonyl (C=O) groups is 1. The van der Waals surface area contributed by atoms with Gasteiger partial charge in [-0.1, -0.05) is 18.2 Å². The van der Waals surface area contributed by atoms with E-state index in [9.17, 15) is 4.79 Å². The van der Waals surface area contributed by atoms with Crippen LogP contribution in [0.1, 0.15) is 15.9 Å². The van der Waals surface area contributed by atoms with Gasteiger partial charge in [-0.05, 0) is 17.8 Å². The Hall–Kier alpha value is -1.06. The number of benzene rings is 1. The van der Waals surface area contributed by atoms with Crippen molar-refractivity contribution in [2.75, 3.05) is 14.1 Å². The van der Waals surface area contributed by atoms with E-state index in [1.165, 1.54) is 16.7 Å². The molecular weight excluding hydrogens is 194 g/mol. The zero-order chi connectivity index (χ0) is 10.1. The third kappa shape index (κ3) is 1.61. The average molecular weight is 206 g/mol. The smallest absolute Gasteiger partial charge is 0.224 e. The van der Waals surface area contributed by atoms with Crippen LogP contribution in [0.2, 0.25) is 0 Å². The Balaban J connectivity index is 2.49. The van der Waals surface area contributed by atoms with Crippen LogP contribution in [-0.4, -0.2) is 19.2 Å². The van der Waals surface area contributed by atoms with Gasteiger partial charge in [0.15, 0.2) is 0 Å². The first-order chi connectivity index (χ1) is 6.68. The van der Waals surface area contributed by atoms with E-state index in [4.69, 9.17) is 0 Å². The lowest BCUT2D eigenvalue weighted by Crippen LogP contribution is -3.00. The van der Waals surface area contributed by atoms with Crippen molar-refractivity contribution in [3.63, 3.8) is 0 Å². The topological polar surface area (TPSA) is 21.5 Å². The molecule has 1 N–H and O–H groups in total. The highest BCUT2D eigenvalue weighted by molar-refractivity contribution is 8.22. The molecule has 1 aromatic rings. The molecule has 0 saturated carbocycles. The number of fused-ring (bicyclic) bond motifs is 1.